The Bertz CT molecular complexity index is 557. The summed E-state index contributed by atoms with van der Waals surface area (Å²) < 4.78 is 45.6. The highest BCUT2D eigenvalue weighted by atomic mass is 79.9. The molecule has 0 bridgehead atoms. The van der Waals surface area contributed by atoms with Crippen LogP contribution < -0.4 is 0 Å². The minimum Gasteiger partial charge on any atom is -0.468 e. The smallest absolute Gasteiger partial charge is 0.413 e. The summed E-state index contributed by atoms with van der Waals surface area (Å²) in [5.41, 5.74) is -3.26. The van der Waals surface area contributed by atoms with E-state index in [2.05, 4.69) is 20.7 Å². The van der Waals surface area contributed by atoms with Gasteiger partial charge in [-0.15, -0.1) is 0 Å². The number of ether oxygens (including phenoxy) is 1. The molecule has 0 aromatic carbocycles. The van der Waals surface area contributed by atoms with Gasteiger partial charge in [0, 0.05) is 31.3 Å². The first kappa shape index (κ1) is 20.0. The van der Waals surface area contributed by atoms with Crippen LogP contribution in [-0.4, -0.2) is 65.5 Å². The van der Waals surface area contributed by atoms with E-state index in [1.807, 2.05) is 0 Å². The molecule has 0 aromatic heterocycles. The predicted octanol–water partition coefficient (Wildman–Crippen LogP) is 2.06. The molecule has 6 nitrogen and oxygen atoms in total. The maximum atomic E-state index is 13.8. The topological polar surface area (TPSA) is 66.9 Å². The van der Waals surface area contributed by atoms with Gasteiger partial charge in [0.1, 0.15) is 6.17 Å². The number of methoxy groups -OCH3 is 1. The molecule has 0 aromatic rings. The van der Waals surface area contributed by atoms with Crippen LogP contribution in [0.3, 0.4) is 0 Å². The standard InChI is InChI=1S/C15H20BrF3N2O4/c1-25-13(24)14(15(17,18)19)9-10(21(8-6-16)12(14)23)20-7-4-2-3-5-11(20)22/h10H,2-9H2,1H3. The van der Waals surface area contributed by atoms with Crippen molar-refractivity contribution in [1.82, 2.24) is 9.80 Å². The normalized spacial score (nSPS) is 28.3. The Hall–Kier alpha value is -1.32. The molecular weight excluding hydrogens is 409 g/mol. The molecule has 0 aliphatic carbocycles. The van der Waals surface area contributed by atoms with Gasteiger partial charge in [-0.3, -0.25) is 14.4 Å². The highest BCUT2D eigenvalue weighted by molar-refractivity contribution is 9.09. The van der Waals surface area contributed by atoms with Gasteiger partial charge in [0.2, 0.25) is 11.3 Å². The van der Waals surface area contributed by atoms with Crippen LogP contribution in [0.1, 0.15) is 32.1 Å². The first-order valence-electron chi connectivity index (χ1n) is 8.02. The molecule has 2 unspecified atom stereocenters. The lowest BCUT2D eigenvalue weighted by Crippen LogP contribution is -2.52. The lowest BCUT2D eigenvalue weighted by Gasteiger charge is -2.34. The first-order chi connectivity index (χ1) is 11.7. The number of rotatable bonds is 4. The average Bonchev–Trinajstić information content (AvgIpc) is 2.70. The largest absolute Gasteiger partial charge is 0.468 e. The SMILES string of the molecule is COC(=O)C1(C(F)(F)F)CC(N2CCCCCC2=O)N(CCBr)C1=O. The second-order valence-electron chi connectivity index (χ2n) is 6.16. The summed E-state index contributed by atoms with van der Waals surface area (Å²) in [7, 11) is 0.822. The van der Waals surface area contributed by atoms with Crippen molar-refractivity contribution in [1.29, 1.82) is 0 Å². The Morgan fingerprint density at radius 1 is 1.32 bits per heavy atom. The van der Waals surface area contributed by atoms with E-state index in [1.54, 1.807) is 0 Å². The fourth-order valence-corrected chi connectivity index (χ4v) is 3.87. The summed E-state index contributed by atoms with van der Waals surface area (Å²) >= 11 is 3.12. The molecule has 2 atom stereocenters. The highest BCUT2D eigenvalue weighted by Gasteiger charge is 2.73. The molecular formula is C15H20BrF3N2O4. The van der Waals surface area contributed by atoms with E-state index >= 15 is 0 Å². The molecule has 142 valence electrons. The second kappa shape index (κ2) is 7.51. The van der Waals surface area contributed by atoms with Crippen molar-refractivity contribution in [3.05, 3.63) is 0 Å². The molecule has 25 heavy (non-hydrogen) atoms. The zero-order chi connectivity index (χ0) is 18.8. The summed E-state index contributed by atoms with van der Waals surface area (Å²) in [6.07, 6.45) is -4.71. The van der Waals surface area contributed by atoms with E-state index in [1.165, 1.54) is 4.90 Å². The van der Waals surface area contributed by atoms with E-state index in [4.69, 9.17) is 0 Å². The molecule has 2 aliphatic heterocycles. The zero-order valence-corrected chi connectivity index (χ0v) is 15.4. The first-order valence-corrected chi connectivity index (χ1v) is 9.14. The van der Waals surface area contributed by atoms with Crippen molar-refractivity contribution < 1.29 is 32.3 Å². The minimum atomic E-state index is -5.11. The molecule has 0 radical (unpaired) electrons. The van der Waals surface area contributed by atoms with Gasteiger partial charge in [0.25, 0.3) is 5.91 Å². The maximum absolute atomic E-state index is 13.8. The third kappa shape index (κ3) is 3.37. The van der Waals surface area contributed by atoms with Crippen molar-refractivity contribution >= 4 is 33.7 Å². The summed E-state index contributed by atoms with van der Waals surface area (Å²) in [5.74, 6) is -3.28. The molecule has 10 heteroatoms. The number of amides is 2. The van der Waals surface area contributed by atoms with Crippen LogP contribution in [0.2, 0.25) is 0 Å². The van der Waals surface area contributed by atoms with Crippen molar-refractivity contribution in [2.75, 3.05) is 25.5 Å². The van der Waals surface area contributed by atoms with Crippen molar-refractivity contribution in [3.8, 4) is 0 Å². The highest BCUT2D eigenvalue weighted by Crippen LogP contribution is 2.50. The fourth-order valence-electron chi connectivity index (χ4n) is 3.49. The van der Waals surface area contributed by atoms with Gasteiger partial charge in [-0.1, -0.05) is 22.4 Å². The van der Waals surface area contributed by atoms with Crippen LogP contribution in [0.15, 0.2) is 0 Å². The van der Waals surface area contributed by atoms with Gasteiger partial charge in [0.15, 0.2) is 0 Å². The Balaban J connectivity index is 2.47. The van der Waals surface area contributed by atoms with E-state index < -0.39 is 36.1 Å². The van der Waals surface area contributed by atoms with Crippen LogP contribution in [0.5, 0.6) is 0 Å². The molecule has 0 spiro atoms. The molecule has 2 saturated heterocycles. The number of alkyl halides is 4. The van der Waals surface area contributed by atoms with Crippen LogP contribution in [0, 0.1) is 5.41 Å². The molecule has 0 N–H and O–H groups in total. The Kier molecular flexibility index (Phi) is 6.01. The number of halogens is 4. The summed E-state index contributed by atoms with van der Waals surface area (Å²) in [5, 5.41) is 0.229. The average molecular weight is 429 g/mol. The molecule has 2 amide bonds. The van der Waals surface area contributed by atoms with E-state index in [0.29, 0.717) is 12.8 Å². The third-order valence-electron chi connectivity index (χ3n) is 4.79. The quantitative estimate of drug-likeness (QED) is 0.390. The zero-order valence-electron chi connectivity index (χ0n) is 13.8. The number of nitrogens with zero attached hydrogens (tertiary/aromatic N) is 2. The molecule has 0 saturated carbocycles. The Morgan fingerprint density at radius 3 is 2.56 bits per heavy atom. The van der Waals surface area contributed by atoms with E-state index in [9.17, 15) is 27.6 Å². The van der Waals surface area contributed by atoms with Crippen LogP contribution >= 0.6 is 15.9 Å². The van der Waals surface area contributed by atoms with Gasteiger partial charge in [-0.05, 0) is 12.8 Å². The van der Waals surface area contributed by atoms with Gasteiger partial charge in [-0.2, -0.15) is 13.2 Å². The van der Waals surface area contributed by atoms with E-state index in [0.717, 1.165) is 18.4 Å². The predicted molar refractivity (Wildman–Crippen MR) is 84.6 cm³/mol. The molecule has 2 rings (SSSR count). The number of carbonyl (C=O) groups is 3. The lowest BCUT2D eigenvalue weighted by molar-refractivity contribution is -0.228. The second-order valence-corrected chi connectivity index (χ2v) is 6.96. The van der Waals surface area contributed by atoms with Crippen molar-refractivity contribution in [3.63, 3.8) is 0 Å². The Morgan fingerprint density at radius 2 is 2.00 bits per heavy atom. The number of likely N-dealkylation sites (tertiary alicyclic amines) is 2. The maximum Gasteiger partial charge on any atom is 0.413 e. The van der Waals surface area contributed by atoms with Crippen LogP contribution in [0.4, 0.5) is 13.2 Å². The lowest BCUT2D eigenvalue weighted by atomic mass is 9.84. The number of carbonyl (C=O) groups excluding carboxylic acids is 3. The van der Waals surface area contributed by atoms with Crippen LogP contribution in [0.25, 0.3) is 0 Å². The van der Waals surface area contributed by atoms with Gasteiger partial charge in [-0.25, -0.2) is 0 Å². The monoisotopic (exact) mass is 428 g/mol. The van der Waals surface area contributed by atoms with Crippen molar-refractivity contribution in [2.45, 2.75) is 44.4 Å². The number of hydrogen-bond acceptors (Lipinski definition) is 4. The van der Waals surface area contributed by atoms with E-state index in [-0.39, 0.29) is 30.7 Å². The summed E-state index contributed by atoms with van der Waals surface area (Å²) in [4.78, 5) is 39.3. The van der Waals surface area contributed by atoms with Gasteiger partial charge in [0.05, 0.1) is 7.11 Å². The molecule has 2 heterocycles. The number of esters is 1. The Labute approximate surface area is 151 Å². The van der Waals surface area contributed by atoms with Gasteiger partial charge < -0.3 is 14.5 Å². The molecule has 2 fully saturated rings. The molecule has 2 aliphatic rings. The summed E-state index contributed by atoms with van der Waals surface area (Å²) in [6.45, 7) is 0.229. The minimum absolute atomic E-state index is 0.0396. The van der Waals surface area contributed by atoms with Crippen LogP contribution in [-0.2, 0) is 19.1 Å². The number of hydrogen-bond donors (Lipinski definition) is 0. The third-order valence-corrected chi connectivity index (χ3v) is 5.14. The van der Waals surface area contributed by atoms with Crippen molar-refractivity contribution in [2.24, 2.45) is 5.41 Å². The fraction of sp³-hybridized carbons (Fsp3) is 0.800. The summed E-state index contributed by atoms with van der Waals surface area (Å²) in [6, 6.07) is 0. The van der Waals surface area contributed by atoms with Gasteiger partial charge >= 0.3 is 12.1 Å².